The number of ether oxygens (including phenoxy) is 1. The zero-order valence-electron chi connectivity index (χ0n) is 17.3. The van der Waals surface area contributed by atoms with Gasteiger partial charge in [0.05, 0.1) is 6.61 Å². The van der Waals surface area contributed by atoms with Gasteiger partial charge in [0.25, 0.3) is 0 Å². The molecule has 0 spiro atoms. The first kappa shape index (κ1) is 20.3. The summed E-state index contributed by atoms with van der Waals surface area (Å²) in [5, 5.41) is 0. The first-order valence-electron chi connectivity index (χ1n) is 10.8. The van der Waals surface area contributed by atoms with Crippen molar-refractivity contribution < 1.29 is 4.74 Å². The average molecular weight is 373 g/mol. The molecule has 2 aromatic rings. The molecule has 0 unspecified atom stereocenters. The number of benzene rings is 2. The van der Waals surface area contributed by atoms with Gasteiger partial charge in [-0.05, 0) is 91.8 Å². The second-order valence-electron chi connectivity index (χ2n) is 7.71. The van der Waals surface area contributed by atoms with Crippen LogP contribution < -0.4 is 4.74 Å². The number of rotatable bonds is 6. The number of allylic oxidation sites excluding steroid dienone is 2. The smallest absolute Gasteiger partial charge is 0.119 e. The fourth-order valence-electron chi connectivity index (χ4n) is 3.83. The molecule has 0 bridgehead atoms. The maximum atomic E-state index is 5.61. The Morgan fingerprint density at radius 3 is 2.29 bits per heavy atom. The topological polar surface area (TPSA) is 9.23 Å². The molecule has 1 aliphatic carbocycles. The van der Waals surface area contributed by atoms with E-state index in [0.717, 1.165) is 36.7 Å². The van der Waals surface area contributed by atoms with Crippen LogP contribution in [-0.4, -0.2) is 6.61 Å². The van der Waals surface area contributed by atoms with Crippen LogP contribution in [0.2, 0.25) is 0 Å². The standard InChI is InChI=1S/C27H32O/c1-3-21-28-27-19-13-24(14-20-27)8-6-5-7-23-11-17-26(18-12-23)25-15-9-22(4-2)10-16-25/h5,7,9-10,13-16,19-20,23,26H,3-4,11-12,17-18,21H2,1-2H3/t23-,26-. The molecule has 2 aromatic carbocycles. The molecule has 0 radical (unpaired) electrons. The highest BCUT2D eigenvalue weighted by molar-refractivity contribution is 5.40. The van der Waals surface area contributed by atoms with Gasteiger partial charge in [0, 0.05) is 5.56 Å². The summed E-state index contributed by atoms with van der Waals surface area (Å²) in [4.78, 5) is 0. The van der Waals surface area contributed by atoms with Crippen molar-refractivity contribution in [2.75, 3.05) is 6.61 Å². The predicted molar refractivity (Wildman–Crippen MR) is 119 cm³/mol. The quantitative estimate of drug-likeness (QED) is 0.500. The van der Waals surface area contributed by atoms with Gasteiger partial charge in [-0.3, -0.25) is 0 Å². The molecule has 1 saturated carbocycles. The van der Waals surface area contributed by atoms with E-state index in [1.165, 1.54) is 36.8 Å². The maximum absolute atomic E-state index is 5.61. The molecular weight excluding hydrogens is 340 g/mol. The molecule has 0 aromatic heterocycles. The highest BCUT2D eigenvalue weighted by atomic mass is 16.5. The van der Waals surface area contributed by atoms with Crippen molar-refractivity contribution in [1.82, 2.24) is 0 Å². The van der Waals surface area contributed by atoms with Crippen molar-refractivity contribution in [3.63, 3.8) is 0 Å². The molecule has 0 amide bonds. The Morgan fingerprint density at radius 2 is 1.64 bits per heavy atom. The minimum absolute atomic E-state index is 0.672. The van der Waals surface area contributed by atoms with Crippen molar-refractivity contribution >= 4 is 0 Å². The first-order valence-corrected chi connectivity index (χ1v) is 10.8. The molecule has 3 rings (SSSR count). The largest absolute Gasteiger partial charge is 0.494 e. The van der Waals surface area contributed by atoms with Crippen molar-refractivity contribution in [2.24, 2.45) is 5.92 Å². The molecule has 146 valence electrons. The lowest BCUT2D eigenvalue weighted by Crippen LogP contribution is -2.11. The van der Waals surface area contributed by atoms with Crippen molar-refractivity contribution in [3.05, 3.63) is 77.4 Å². The van der Waals surface area contributed by atoms with Crippen LogP contribution in [0.3, 0.4) is 0 Å². The van der Waals surface area contributed by atoms with E-state index in [1.807, 2.05) is 30.3 Å². The molecule has 0 N–H and O–H groups in total. The highest BCUT2D eigenvalue weighted by Gasteiger charge is 2.20. The fourth-order valence-corrected chi connectivity index (χ4v) is 3.83. The molecule has 0 atom stereocenters. The van der Waals surface area contributed by atoms with Crippen LogP contribution in [0, 0.1) is 17.8 Å². The fraction of sp³-hybridized carbons (Fsp3) is 0.407. The Hall–Kier alpha value is -2.46. The van der Waals surface area contributed by atoms with Gasteiger partial charge >= 0.3 is 0 Å². The summed E-state index contributed by atoms with van der Waals surface area (Å²) in [7, 11) is 0. The second kappa shape index (κ2) is 10.8. The Bertz CT molecular complexity index is 794. The van der Waals surface area contributed by atoms with Gasteiger partial charge in [0.1, 0.15) is 5.75 Å². The van der Waals surface area contributed by atoms with E-state index >= 15 is 0 Å². The van der Waals surface area contributed by atoms with Crippen molar-refractivity contribution in [3.8, 4) is 17.6 Å². The van der Waals surface area contributed by atoms with E-state index in [0.29, 0.717) is 5.92 Å². The summed E-state index contributed by atoms with van der Waals surface area (Å²) in [6, 6.07) is 17.3. The van der Waals surface area contributed by atoms with Crippen molar-refractivity contribution in [2.45, 2.75) is 58.3 Å². The third kappa shape index (κ3) is 6.03. The van der Waals surface area contributed by atoms with Crippen LogP contribution in [0.25, 0.3) is 0 Å². The Kier molecular flexibility index (Phi) is 7.80. The molecule has 1 aliphatic rings. The molecule has 1 heteroatoms. The van der Waals surface area contributed by atoms with Gasteiger partial charge in [-0.2, -0.15) is 0 Å². The van der Waals surface area contributed by atoms with Crippen LogP contribution in [0.5, 0.6) is 5.75 Å². The molecule has 0 heterocycles. The van der Waals surface area contributed by atoms with Gasteiger partial charge in [0.15, 0.2) is 0 Å². The lowest BCUT2D eigenvalue weighted by molar-refractivity contribution is 0.317. The number of hydrogen-bond acceptors (Lipinski definition) is 1. The third-order valence-electron chi connectivity index (χ3n) is 5.63. The normalized spacial score (nSPS) is 19.2. The van der Waals surface area contributed by atoms with Crippen molar-refractivity contribution in [1.29, 1.82) is 0 Å². The van der Waals surface area contributed by atoms with E-state index in [4.69, 9.17) is 4.74 Å². The molecule has 1 nitrogen and oxygen atoms in total. The second-order valence-corrected chi connectivity index (χ2v) is 7.71. The summed E-state index contributed by atoms with van der Waals surface area (Å²) >= 11 is 0. The average Bonchev–Trinajstić information content (AvgIpc) is 2.76. The van der Waals surface area contributed by atoms with Crippen LogP contribution in [0.1, 0.15) is 68.6 Å². The highest BCUT2D eigenvalue weighted by Crippen LogP contribution is 2.36. The molecule has 1 fully saturated rings. The van der Waals surface area contributed by atoms with Crippen LogP contribution >= 0.6 is 0 Å². The SMILES string of the molecule is CCCOc1ccc(C#CC=C[C@H]2CC[C@H](c3ccc(CC)cc3)CC2)cc1. The van der Waals surface area contributed by atoms with E-state index < -0.39 is 0 Å². The summed E-state index contributed by atoms with van der Waals surface area (Å²) in [5.41, 5.74) is 3.99. The van der Waals surface area contributed by atoms with Gasteiger partial charge in [-0.1, -0.05) is 56.0 Å². The molecule has 0 saturated heterocycles. The zero-order valence-corrected chi connectivity index (χ0v) is 17.3. The molecular formula is C27H32O. The van der Waals surface area contributed by atoms with E-state index in [9.17, 15) is 0 Å². The van der Waals surface area contributed by atoms with Crippen LogP contribution in [-0.2, 0) is 6.42 Å². The lowest BCUT2D eigenvalue weighted by atomic mass is 9.78. The Morgan fingerprint density at radius 1 is 0.929 bits per heavy atom. The lowest BCUT2D eigenvalue weighted by Gasteiger charge is -2.27. The molecule has 28 heavy (non-hydrogen) atoms. The van der Waals surface area contributed by atoms with Gasteiger partial charge in [-0.15, -0.1) is 0 Å². The maximum Gasteiger partial charge on any atom is 0.119 e. The van der Waals surface area contributed by atoms with Crippen LogP contribution in [0.15, 0.2) is 60.7 Å². The minimum atomic E-state index is 0.672. The van der Waals surface area contributed by atoms with E-state index in [2.05, 4.69) is 56.0 Å². The number of aryl methyl sites for hydroxylation is 1. The first-order chi connectivity index (χ1) is 13.8. The monoisotopic (exact) mass is 372 g/mol. The molecule has 0 aliphatic heterocycles. The predicted octanol–water partition coefficient (Wildman–Crippen LogP) is 6.92. The summed E-state index contributed by atoms with van der Waals surface area (Å²) in [5.74, 6) is 8.74. The van der Waals surface area contributed by atoms with E-state index in [-0.39, 0.29) is 0 Å². The minimum Gasteiger partial charge on any atom is -0.494 e. The van der Waals surface area contributed by atoms with Gasteiger partial charge in [0.2, 0.25) is 0 Å². The Labute approximate surface area is 170 Å². The summed E-state index contributed by atoms with van der Waals surface area (Å²) in [6.07, 6.45) is 11.6. The summed E-state index contributed by atoms with van der Waals surface area (Å²) in [6.45, 7) is 5.09. The van der Waals surface area contributed by atoms with E-state index in [1.54, 1.807) is 0 Å². The van der Waals surface area contributed by atoms with Gasteiger partial charge in [-0.25, -0.2) is 0 Å². The summed E-state index contributed by atoms with van der Waals surface area (Å²) < 4.78 is 5.61. The zero-order chi connectivity index (χ0) is 19.6. The third-order valence-corrected chi connectivity index (χ3v) is 5.63. The van der Waals surface area contributed by atoms with Gasteiger partial charge < -0.3 is 4.74 Å². The number of hydrogen-bond donors (Lipinski definition) is 0. The van der Waals surface area contributed by atoms with Crippen LogP contribution in [0.4, 0.5) is 0 Å². The Balaban J connectivity index is 1.45.